The van der Waals surface area contributed by atoms with Crippen LogP contribution in [0, 0.1) is 6.92 Å². The highest BCUT2D eigenvalue weighted by atomic mass is 16.3. The molecule has 1 amide bonds. The Morgan fingerprint density at radius 2 is 2.17 bits per heavy atom. The molecule has 4 heteroatoms. The lowest BCUT2D eigenvalue weighted by Crippen LogP contribution is -2.13. The van der Waals surface area contributed by atoms with Crippen molar-refractivity contribution in [3.8, 4) is 0 Å². The van der Waals surface area contributed by atoms with Crippen molar-refractivity contribution in [2.75, 3.05) is 11.1 Å². The van der Waals surface area contributed by atoms with Crippen molar-refractivity contribution in [1.82, 2.24) is 0 Å². The van der Waals surface area contributed by atoms with Crippen LogP contribution in [0.4, 0.5) is 11.4 Å². The van der Waals surface area contributed by atoms with E-state index in [0.29, 0.717) is 23.4 Å². The Labute approximate surface area is 106 Å². The molecule has 0 fully saturated rings. The quantitative estimate of drug-likeness (QED) is 0.815. The molecule has 0 spiro atoms. The van der Waals surface area contributed by atoms with Crippen molar-refractivity contribution in [3.63, 3.8) is 0 Å². The molecular formula is C14H16N2O2. The second-order valence-corrected chi connectivity index (χ2v) is 4.14. The lowest BCUT2D eigenvalue weighted by atomic mass is 10.1. The predicted molar refractivity (Wildman–Crippen MR) is 71.6 cm³/mol. The van der Waals surface area contributed by atoms with E-state index in [4.69, 9.17) is 10.2 Å². The number of hydrogen-bond donors (Lipinski definition) is 2. The van der Waals surface area contributed by atoms with Gasteiger partial charge in [0.05, 0.1) is 11.8 Å². The van der Waals surface area contributed by atoms with Gasteiger partial charge in [-0.2, -0.15) is 0 Å². The maximum Gasteiger partial charge on any atom is 0.259 e. The van der Waals surface area contributed by atoms with Gasteiger partial charge < -0.3 is 15.5 Å². The van der Waals surface area contributed by atoms with Crippen molar-refractivity contribution < 1.29 is 9.21 Å². The maximum atomic E-state index is 12.0. The number of benzene rings is 1. The van der Waals surface area contributed by atoms with Crippen LogP contribution >= 0.6 is 0 Å². The minimum Gasteiger partial charge on any atom is -0.469 e. The Bertz CT molecular complexity index is 573. The second kappa shape index (κ2) is 4.96. The van der Waals surface area contributed by atoms with E-state index in [1.54, 1.807) is 18.2 Å². The van der Waals surface area contributed by atoms with Crippen LogP contribution in [0.3, 0.4) is 0 Å². The first-order valence-electron chi connectivity index (χ1n) is 5.85. The van der Waals surface area contributed by atoms with E-state index in [9.17, 15) is 4.79 Å². The molecule has 0 aliphatic heterocycles. The van der Waals surface area contributed by atoms with Crippen molar-refractivity contribution in [2.24, 2.45) is 0 Å². The minimum atomic E-state index is -0.162. The monoisotopic (exact) mass is 244 g/mol. The summed E-state index contributed by atoms with van der Waals surface area (Å²) < 4.78 is 5.23. The molecule has 0 saturated carbocycles. The number of furan rings is 1. The first kappa shape index (κ1) is 12.2. The summed E-state index contributed by atoms with van der Waals surface area (Å²) in [6, 6.07) is 7.09. The van der Waals surface area contributed by atoms with E-state index in [1.165, 1.54) is 6.26 Å². The lowest BCUT2D eigenvalue weighted by molar-refractivity contribution is 0.102. The summed E-state index contributed by atoms with van der Waals surface area (Å²) in [5.74, 6) is 0.532. The van der Waals surface area contributed by atoms with Crippen LogP contribution in [-0.4, -0.2) is 5.91 Å². The van der Waals surface area contributed by atoms with Crippen LogP contribution in [0.15, 0.2) is 34.9 Å². The zero-order chi connectivity index (χ0) is 13.1. The van der Waals surface area contributed by atoms with Gasteiger partial charge in [-0.1, -0.05) is 6.92 Å². The standard InChI is InChI=1S/C14H16N2O2/c1-3-13-11(6-7-18-13)14(17)16-10-4-5-12(15)9(2)8-10/h4-8H,3,15H2,1-2H3,(H,16,17). The van der Waals surface area contributed by atoms with E-state index in [1.807, 2.05) is 19.9 Å². The highest BCUT2D eigenvalue weighted by Gasteiger charge is 2.13. The molecule has 4 nitrogen and oxygen atoms in total. The fraction of sp³-hybridized carbons (Fsp3) is 0.214. The SMILES string of the molecule is CCc1occc1C(=O)Nc1ccc(N)c(C)c1. The number of amides is 1. The number of anilines is 2. The number of carbonyl (C=O) groups is 1. The van der Waals surface area contributed by atoms with Crippen molar-refractivity contribution >= 4 is 17.3 Å². The van der Waals surface area contributed by atoms with Gasteiger partial charge in [-0.25, -0.2) is 0 Å². The molecule has 0 unspecified atom stereocenters. The first-order valence-corrected chi connectivity index (χ1v) is 5.85. The fourth-order valence-electron chi connectivity index (χ4n) is 1.77. The first-order chi connectivity index (χ1) is 8.61. The lowest BCUT2D eigenvalue weighted by Gasteiger charge is -2.07. The molecule has 18 heavy (non-hydrogen) atoms. The summed E-state index contributed by atoms with van der Waals surface area (Å²) in [7, 11) is 0. The highest BCUT2D eigenvalue weighted by molar-refractivity contribution is 6.05. The average molecular weight is 244 g/mol. The molecule has 0 saturated heterocycles. The molecule has 2 aromatic rings. The van der Waals surface area contributed by atoms with Gasteiger partial charge in [-0.3, -0.25) is 4.79 Å². The number of hydrogen-bond acceptors (Lipinski definition) is 3. The normalized spacial score (nSPS) is 10.3. The minimum absolute atomic E-state index is 0.162. The van der Waals surface area contributed by atoms with Crippen molar-refractivity contribution in [1.29, 1.82) is 0 Å². The maximum absolute atomic E-state index is 12.0. The van der Waals surface area contributed by atoms with Crippen LogP contribution in [0.1, 0.15) is 28.6 Å². The molecule has 0 aliphatic carbocycles. The van der Waals surface area contributed by atoms with E-state index in [0.717, 1.165) is 11.3 Å². The Morgan fingerprint density at radius 1 is 1.39 bits per heavy atom. The third-order valence-electron chi connectivity index (χ3n) is 2.84. The van der Waals surface area contributed by atoms with E-state index in [2.05, 4.69) is 5.32 Å². The second-order valence-electron chi connectivity index (χ2n) is 4.14. The topological polar surface area (TPSA) is 68.3 Å². The molecule has 1 aromatic carbocycles. The molecule has 1 aromatic heterocycles. The molecule has 0 aliphatic rings. The zero-order valence-electron chi connectivity index (χ0n) is 10.5. The van der Waals surface area contributed by atoms with Gasteiger partial charge in [-0.05, 0) is 36.8 Å². The molecular weight excluding hydrogens is 228 g/mol. The third kappa shape index (κ3) is 2.37. The molecule has 94 valence electrons. The molecule has 2 rings (SSSR count). The van der Waals surface area contributed by atoms with Gasteiger partial charge in [0, 0.05) is 17.8 Å². The number of aryl methyl sites for hydroxylation is 2. The zero-order valence-corrected chi connectivity index (χ0v) is 10.5. The molecule has 3 N–H and O–H groups in total. The van der Waals surface area contributed by atoms with Crippen LogP contribution < -0.4 is 11.1 Å². The Kier molecular flexibility index (Phi) is 3.37. The van der Waals surface area contributed by atoms with Gasteiger partial charge in [0.2, 0.25) is 0 Å². The Balaban J connectivity index is 2.19. The number of nitrogens with one attached hydrogen (secondary N) is 1. The van der Waals surface area contributed by atoms with Gasteiger partial charge >= 0.3 is 0 Å². The van der Waals surface area contributed by atoms with E-state index >= 15 is 0 Å². The number of nitrogens with two attached hydrogens (primary N) is 1. The summed E-state index contributed by atoms with van der Waals surface area (Å²) in [4.78, 5) is 12.0. The highest BCUT2D eigenvalue weighted by Crippen LogP contribution is 2.18. The van der Waals surface area contributed by atoms with Gasteiger partial charge in [0.1, 0.15) is 5.76 Å². The van der Waals surface area contributed by atoms with Crippen LogP contribution in [0.25, 0.3) is 0 Å². The summed E-state index contributed by atoms with van der Waals surface area (Å²) in [6.45, 7) is 3.85. The summed E-state index contributed by atoms with van der Waals surface area (Å²) in [5, 5.41) is 2.83. The smallest absolute Gasteiger partial charge is 0.259 e. The summed E-state index contributed by atoms with van der Waals surface area (Å²) >= 11 is 0. The van der Waals surface area contributed by atoms with Gasteiger partial charge in [0.25, 0.3) is 5.91 Å². The van der Waals surface area contributed by atoms with Crippen molar-refractivity contribution in [3.05, 3.63) is 47.4 Å². The summed E-state index contributed by atoms with van der Waals surface area (Å²) in [5.41, 5.74) is 8.69. The van der Waals surface area contributed by atoms with Gasteiger partial charge in [-0.15, -0.1) is 0 Å². The molecule has 0 atom stereocenters. The fourth-order valence-corrected chi connectivity index (χ4v) is 1.77. The summed E-state index contributed by atoms with van der Waals surface area (Å²) in [6.07, 6.45) is 2.22. The number of rotatable bonds is 3. The van der Waals surface area contributed by atoms with Gasteiger partial charge in [0.15, 0.2) is 0 Å². The van der Waals surface area contributed by atoms with Crippen LogP contribution in [-0.2, 0) is 6.42 Å². The number of nitrogen functional groups attached to an aromatic ring is 1. The molecule has 0 bridgehead atoms. The molecule has 1 heterocycles. The largest absolute Gasteiger partial charge is 0.469 e. The van der Waals surface area contributed by atoms with E-state index < -0.39 is 0 Å². The number of carbonyl (C=O) groups excluding carboxylic acids is 1. The average Bonchev–Trinajstić information content (AvgIpc) is 2.82. The molecule has 0 radical (unpaired) electrons. The predicted octanol–water partition coefficient (Wildman–Crippen LogP) is 2.98. The Morgan fingerprint density at radius 3 is 2.83 bits per heavy atom. The third-order valence-corrected chi connectivity index (χ3v) is 2.84. The van der Waals surface area contributed by atoms with Crippen LogP contribution in [0.5, 0.6) is 0 Å². The van der Waals surface area contributed by atoms with Crippen LogP contribution in [0.2, 0.25) is 0 Å². The Hall–Kier alpha value is -2.23. The van der Waals surface area contributed by atoms with Crippen molar-refractivity contribution in [2.45, 2.75) is 20.3 Å². The van der Waals surface area contributed by atoms with E-state index in [-0.39, 0.29) is 5.91 Å².